The summed E-state index contributed by atoms with van der Waals surface area (Å²) in [7, 11) is 0. The first-order valence-corrected chi connectivity index (χ1v) is 3.80. The van der Waals surface area contributed by atoms with Crippen LogP contribution >= 0.6 is 11.6 Å². The molecule has 12 heavy (non-hydrogen) atoms. The average molecular weight is 192 g/mol. The Morgan fingerprint density at radius 1 is 1.42 bits per heavy atom. The van der Waals surface area contributed by atoms with Crippen LogP contribution in [0.5, 0.6) is 0 Å². The summed E-state index contributed by atoms with van der Waals surface area (Å²) in [6, 6.07) is 2.00. The van der Waals surface area contributed by atoms with Crippen LogP contribution in [0.2, 0.25) is 5.02 Å². The second-order valence-electron chi connectivity index (χ2n) is 2.55. The lowest BCUT2D eigenvalue weighted by Crippen LogP contribution is -2.07. The van der Waals surface area contributed by atoms with Gasteiger partial charge in [0.15, 0.2) is 11.6 Å². The molecule has 1 aromatic carbocycles. The maximum atomic E-state index is 12.8. The number of hydrogen-bond acceptors (Lipinski definition) is 1. The second-order valence-corrected chi connectivity index (χ2v) is 2.93. The number of benzene rings is 1. The monoisotopic (exact) mass is 191 g/mol. The molecule has 1 rings (SSSR count). The van der Waals surface area contributed by atoms with Crippen LogP contribution < -0.4 is 5.73 Å². The van der Waals surface area contributed by atoms with Crippen molar-refractivity contribution in [1.82, 2.24) is 0 Å². The van der Waals surface area contributed by atoms with Gasteiger partial charge in [-0.3, -0.25) is 0 Å². The topological polar surface area (TPSA) is 26.0 Å². The van der Waals surface area contributed by atoms with Gasteiger partial charge in [0.25, 0.3) is 0 Å². The van der Waals surface area contributed by atoms with Crippen LogP contribution in [0.15, 0.2) is 12.1 Å². The van der Waals surface area contributed by atoms with Gasteiger partial charge in [-0.05, 0) is 18.6 Å². The fraction of sp³-hybridized carbons (Fsp3) is 0.250. The van der Waals surface area contributed by atoms with Gasteiger partial charge in [0.1, 0.15) is 0 Å². The Labute approximate surface area is 74.1 Å². The summed E-state index contributed by atoms with van der Waals surface area (Å²) in [5.41, 5.74) is 5.87. The van der Waals surface area contributed by atoms with E-state index in [2.05, 4.69) is 0 Å². The van der Waals surface area contributed by atoms with Crippen molar-refractivity contribution in [3.63, 3.8) is 0 Å². The molecule has 1 atom stereocenters. The van der Waals surface area contributed by atoms with E-state index in [0.717, 1.165) is 6.07 Å². The average Bonchev–Trinajstić information content (AvgIpc) is 2.00. The summed E-state index contributed by atoms with van der Waals surface area (Å²) in [5.74, 6) is -1.99. The molecule has 0 amide bonds. The van der Waals surface area contributed by atoms with Crippen molar-refractivity contribution in [2.75, 3.05) is 0 Å². The molecule has 0 bridgehead atoms. The molecule has 0 aliphatic rings. The summed E-state index contributed by atoms with van der Waals surface area (Å²) in [5, 5.41) is -0.231. The van der Waals surface area contributed by atoms with Crippen molar-refractivity contribution in [2.24, 2.45) is 5.73 Å². The van der Waals surface area contributed by atoms with Gasteiger partial charge in [-0.15, -0.1) is 0 Å². The van der Waals surface area contributed by atoms with Gasteiger partial charge in [0.05, 0.1) is 5.02 Å². The van der Waals surface area contributed by atoms with Gasteiger partial charge in [-0.2, -0.15) is 0 Å². The molecule has 0 saturated heterocycles. The molecular weight excluding hydrogens is 184 g/mol. The van der Waals surface area contributed by atoms with E-state index in [9.17, 15) is 8.78 Å². The highest BCUT2D eigenvalue weighted by Gasteiger charge is 2.13. The molecule has 0 spiro atoms. The minimum Gasteiger partial charge on any atom is -0.324 e. The van der Waals surface area contributed by atoms with E-state index in [1.807, 2.05) is 0 Å². The molecule has 0 saturated carbocycles. The van der Waals surface area contributed by atoms with E-state index < -0.39 is 17.7 Å². The third-order valence-corrected chi connectivity index (χ3v) is 1.94. The van der Waals surface area contributed by atoms with Crippen molar-refractivity contribution in [3.8, 4) is 0 Å². The Hall–Kier alpha value is -0.670. The second kappa shape index (κ2) is 3.37. The summed E-state index contributed by atoms with van der Waals surface area (Å²) >= 11 is 5.50. The summed E-state index contributed by atoms with van der Waals surface area (Å²) in [6.07, 6.45) is 0. The Balaban J connectivity index is 3.27. The Morgan fingerprint density at radius 2 is 2.00 bits per heavy atom. The van der Waals surface area contributed by atoms with Crippen molar-refractivity contribution in [1.29, 1.82) is 0 Å². The van der Waals surface area contributed by atoms with Crippen LogP contribution in [0.3, 0.4) is 0 Å². The van der Waals surface area contributed by atoms with E-state index in [-0.39, 0.29) is 5.02 Å². The van der Waals surface area contributed by atoms with Gasteiger partial charge in [0.2, 0.25) is 0 Å². The third-order valence-electron chi connectivity index (χ3n) is 1.56. The fourth-order valence-corrected chi connectivity index (χ4v) is 1.22. The molecule has 0 radical (unpaired) electrons. The first kappa shape index (κ1) is 9.42. The third kappa shape index (κ3) is 1.57. The summed E-state index contributed by atoms with van der Waals surface area (Å²) in [4.78, 5) is 0. The molecule has 0 aliphatic carbocycles. The first-order chi connectivity index (χ1) is 5.54. The van der Waals surface area contributed by atoms with E-state index in [0.29, 0.717) is 5.56 Å². The number of halogens is 3. The standard InChI is InChI=1S/C8H8ClF2N/c1-4(12)5-2-3-6(10)8(11)7(5)9/h2-4H,12H2,1H3. The number of hydrogen-bond donors (Lipinski definition) is 1. The highest BCUT2D eigenvalue weighted by Crippen LogP contribution is 2.25. The molecule has 4 heteroatoms. The molecule has 1 aromatic rings. The predicted molar refractivity (Wildman–Crippen MR) is 44.0 cm³/mol. The van der Waals surface area contributed by atoms with Gasteiger partial charge in [0, 0.05) is 6.04 Å². The zero-order chi connectivity index (χ0) is 9.30. The molecule has 66 valence electrons. The molecule has 1 nitrogen and oxygen atoms in total. The zero-order valence-electron chi connectivity index (χ0n) is 6.44. The van der Waals surface area contributed by atoms with E-state index in [1.54, 1.807) is 6.92 Å². The fourth-order valence-electron chi connectivity index (χ4n) is 0.893. The Bertz CT molecular complexity index is 299. The van der Waals surface area contributed by atoms with Crippen LogP contribution in [0.1, 0.15) is 18.5 Å². The van der Waals surface area contributed by atoms with E-state index in [1.165, 1.54) is 6.07 Å². The lowest BCUT2D eigenvalue weighted by atomic mass is 10.1. The summed E-state index contributed by atoms with van der Waals surface area (Å²) < 4.78 is 25.3. The van der Waals surface area contributed by atoms with Crippen LogP contribution in [-0.2, 0) is 0 Å². The Kier molecular flexibility index (Phi) is 2.65. The van der Waals surface area contributed by atoms with E-state index in [4.69, 9.17) is 17.3 Å². The van der Waals surface area contributed by atoms with Crippen molar-refractivity contribution < 1.29 is 8.78 Å². The highest BCUT2D eigenvalue weighted by molar-refractivity contribution is 6.31. The molecule has 1 unspecified atom stereocenters. The van der Waals surface area contributed by atoms with Gasteiger partial charge in [-0.1, -0.05) is 17.7 Å². The molecule has 0 heterocycles. The summed E-state index contributed by atoms with van der Waals surface area (Å²) in [6.45, 7) is 1.65. The van der Waals surface area contributed by atoms with Crippen molar-refractivity contribution >= 4 is 11.6 Å². The lowest BCUT2D eigenvalue weighted by molar-refractivity contribution is 0.506. The van der Waals surface area contributed by atoms with Gasteiger partial charge in [-0.25, -0.2) is 8.78 Å². The molecular formula is C8H8ClF2N. The van der Waals surface area contributed by atoms with Gasteiger partial charge < -0.3 is 5.73 Å². The van der Waals surface area contributed by atoms with E-state index >= 15 is 0 Å². The SMILES string of the molecule is CC(N)c1ccc(F)c(F)c1Cl. The van der Waals surface area contributed by atoms with Crippen LogP contribution in [0, 0.1) is 11.6 Å². The Morgan fingerprint density at radius 3 is 2.50 bits per heavy atom. The normalized spacial score (nSPS) is 13.1. The predicted octanol–water partition coefficient (Wildman–Crippen LogP) is 2.64. The molecule has 0 fully saturated rings. The van der Waals surface area contributed by atoms with Crippen LogP contribution in [0.25, 0.3) is 0 Å². The number of rotatable bonds is 1. The molecule has 2 N–H and O–H groups in total. The quantitative estimate of drug-likeness (QED) is 0.679. The lowest BCUT2D eigenvalue weighted by Gasteiger charge is -2.08. The maximum Gasteiger partial charge on any atom is 0.177 e. The minimum atomic E-state index is -1.04. The molecule has 0 aromatic heterocycles. The van der Waals surface area contributed by atoms with Crippen LogP contribution in [-0.4, -0.2) is 0 Å². The minimum absolute atomic E-state index is 0.231. The van der Waals surface area contributed by atoms with Crippen LogP contribution in [0.4, 0.5) is 8.78 Å². The van der Waals surface area contributed by atoms with Crippen molar-refractivity contribution in [2.45, 2.75) is 13.0 Å². The molecule has 0 aliphatic heterocycles. The largest absolute Gasteiger partial charge is 0.324 e. The number of nitrogens with two attached hydrogens (primary N) is 1. The highest BCUT2D eigenvalue weighted by atomic mass is 35.5. The van der Waals surface area contributed by atoms with Gasteiger partial charge >= 0.3 is 0 Å². The zero-order valence-corrected chi connectivity index (χ0v) is 7.20. The van der Waals surface area contributed by atoms with Crippen molar-refractivity contribution in [3.05, 3.63) is 34.4 Å². The first-order valence-electron chi connectivity index (χ1n) is 3.43. The smallest absolute Gasteiger partial charge is 0.177 e. The maximum absolute atomic E-state index is 12.8.